The molecule has 3 aromatic heterocycles. The molecular weight excluding hydrogens is 434 g/mol. The number of hydrogen-bond donors (Lipinski definition) is 3. The molecule has 180 valence electrons. The summed E-state index contributed by atoms with van der Waals surface area (Å²) in [5.74, 6) is -0.911. The monoisotopic (exact) mass is 468 g/mol. The van der Waals surface area contributed by atoms with Gasteiger partial charge in [0.05, 0.1) is 23.3 Å². The van der Waals surface area contributed by atoms with Gasteiger partial charge in [0.2, 0.25) is 5.91 Å². The summed E-state index contributed by atoms with van der Waals surface area (Å²) < 4.78 is 25.6. The van der Waals surface area contributed by atoms with Gasteiger partial charge in [0.1, 0.15) is 16.9 Å². The van der Waals surface area contributed by atoms with Gasteiger partial charge in [-0.1, -0.05) is 20.8 Å². The smallest absolute Gasteiger partial charge is 0.264 e. The molecule has 3 N–H and O–H groups in total. The van der Waals surface area contributed by atoms with Gasteiger partial charge in [0.25, 0.3) is 11.5 Å². The molecule has 1 aliphatic rings. The number of amides is 2. The van der Waals surface area contributed by atoms with Crippen molar-refractivity contribution >= 4 is 40.0 Å². The second-order valence-electron chi connectivity index (χ2n) is 9.72. The molecule has 3 aromatic rings. The molecule has 1 saturated carbocycles. The van der Waals surface area contributed by atoms with Gasteiger partial charge in [0, 0.05) is 48.6 Å². The Morgan fingerprint density at radius 3 is 2.62 bits per heavy atom. The Morgan fingerprint density at radius 1 is 1.21 bits per heavy atom. The summed E-state index contributed by atoms with van der Waals surface area (Å²) in [6.07, 6.45) is 6.06. The topological polar surface area (TPSA) is 123 Å². The number of anilines is 3. The van der Waals surface area contributed by atoms with Crippen LogP contribution in [-0.2, 0) is 17.9 Å². The van der Waals surface area contributed by atoms with Crippen molar-refractivity contribution in [1.82, 2.24) is 24.4 Å². The lowest BCUT2D eigenvalue weighted by Crippen LogP contribution is -2.22. The van der Waals surface area contributed by atoms with Gasteiger partial charge in [-0.15, -0.1) is 0 Å². The van der Waals surface area contributed by atoms with Gasteiger partial charge < -0.3 is 20.5 Å². The predicted octanol–water partition coefficient (Wildman–Crippen LogP) is 3.11. The zero-order chi connectivity index (χ0) is 27.1. The summed E-state index contributed by atoms with van der Waals surface area (Å²) in [6, 6.07) is 1.45. The van der Waals surface area contributed by atoms with E-state index in [1.54, 1.807) is 6.20 Å². The largest absolute Gasteiger partial charge is 0.355 e. The van der Waals surface area contributed by atoms with Crippen molar-refractivity contribution < 1.29 is 13.7 Å². The quantitative estimate of drug-likeness (QED) is 0.490. The van der Waals surface area contributed by atoms with Crippen LogP contribution in [0.4, 0.5) is 17.2 Å². The molecule has 10 heteroatoms. The van der Waals surface area contributed by atoms with Crippen LogP contribution in [0.1, 0.15) is 55.0 Å². The highest BCUT2D eigenvalue weighted by Crippen LogP contribution is 2.32. The average molecular weight is 469 g/mol. The number of fused-ring (bicyclic) bond motifs is 1. The molecule has 10 nitrogen and oxygen atoms in total. The van der Waals surface area contributed by atoms with Crippen LogP contribution < -0.4 is 21.5 Å². The summed E-state index contributed by atoms with van der Waals surface area (Å²) in [7, 11) is 0. The van der Waals surface area contributed by atoms with E-state index in [1.807, 2.05) is 16.8 Å². The van der Waals surface area contributed by atoms with Crippen LogP contribution in [-0.4, -0.2) is 37.9 Å². The van der Waals surface area contributed by atoms with E-state index in [2.05, 4.69) is 41.4 Å². The molecule has 0 atom stereocenters. The first-order chi connectivity index (χ1) is 17.3. The maximum atomic E-state index is 13.3. The van der Waals surface area contributed by atoms with Gasteiger partial charge in [-0.2, -0.15) is 0 Å². The molecule has 4 rings (SSSR count). The van der Waals surface area contributed by atoms with Crippen molar-refractivity contribution in [3.63, 3.8) is 0 Å². The molecule has 1 fully saturated rings. The van der Waals surface area contributed by atoms with E-state index in [1.165, 1.54) is 23.2 Å². The zero-order valence-electron chi connectivity index (χ0n) is 22.7. The highest BCUT2D eigenvalue weighted by molar-refractivity contribution is 6.03. The minimum atomic E-state index is -2.71. The number of carbonyl (C=O) groups excluding carboxylic acids is 2. The third-order valence-electron chi connectivity index (χ3n) is 5.56. The van der Waals surface area contributed by atoms with Crippen LogP contribution in [0.3, 0.4) is 0 Å². The number of aryl methyl sites for hydroxylation is 1. The van der Waals surface area contributed by atoms with E-state index >= 15 is 0 Å². The van der Waals surface area contributed by atoms with E-state index in [0.717, 1.165) is 12.8 Å². The van der Waals surface area contributed by atoms with Crippen LogP contribution in [0.15, 0.2) is 29.6 Å². The van der Waals surface area contributed by atoms with E-state index in [9.17, 15) is 14.4 Å². The summed E-state index contributed by atoms with van der Waals surface area (Å²) in [4.78, 5) is 47.1. The Kier molecular flexibility index (Phi) is 5.18. The second kappa shape index (κ2) is 8.92. The predicted molar refractivity (Wildman–Crippen MR) is 131 cm³/mol. The van der Waals surface area contributed by atoms with Gasteiger partial charge in [-0.05, 0) is 25.2 Å². The van der Waals surface area contributed by atoms with Gasteiger partial charge in [-0.25, -0.2) is 9.97 Å². The Balaban J connectivity index is 1.82. The third-order valence-corrected chi connectivity index (χ3v) is 5.56. The van der Waals surface area contributed by atoms with Crippen molar-refractivity contribution in [2.45, 2.75) is 53.6 Å². The Hall–Kier alpha value is -3.69. The first kappa shape index (κ1) is 19.7. The maximum absolute atomic E-state index is 13.3. The molecule has 0 spiro atoms. The van der Waals surface area contributed by atoms with Crippen molar-refractivity contribution in [2.75, 3.05) is 17.6 Å². The zero-order valence-corrected chi connectivity index (χ0v) is 19.7. The molecule has 3 heterocycles. The molecular formula is C24H31N7O3. The standard InChI is InChI=1S/C24H31N7O3/c1-6-30-13-27-20-19(23(30)34)17(11-31(20)12-24(2,3)4)28-16-9-18(29-21(32)14-7-8-14)26-10-15(16)22(33)25-5/h9-11,13-14H,6-8,12H2,1-5H3,(H,25,33)(H2,26,28,29,32)/i5D3. The van der Waals surface area contributed by atoms with Crippen molar-refractivity contribution in [1.29, 1.82) is 0 Å². The first-order valence-corrected chi connectivity index (χ1v) is 11.2. The summed E-state index contributed by atoms with van der Waals surface area (Å²) >= 11 is 0. The summed E-state index contributed by atoms with van der Waals surface area (Å²) in [5, 5.41) is 8.15. The second-order valence-corrected chi connectivity index (χ2v) is 9.72. The molecule has 2 amide bonds. The minimum Gasteiger partial charge on any atom is -0.355 e. The summed E-state index contributed by atoms with van der Waals surface area (Å²) in [6.45, 7) is 6.30. The highest BCUT2D eigenvalue weighted by Gasteiger charge is 2.30. The fourth-order valence-electron chi connectivity index (χ4n) is 3.76. The van der Waals surface area contributed by atoms with Crippen molar-refractivity contribution in [3.8, 4) is 0 Å². The molecule has 1 aliphatic carbocycles. The van der Waals surface area contributed by atoms with Crippen LogP contribution in [0.2, 0.25) is 0 Å². The molecule has 0 aromatic carbocycles. The molecule has 0 unspecified atom stereocenters. The fourth-order valence-corrected chi connectivity index (χ4v) is 3.76. The maximum Gasteiger partial charge on any atom is 0.264 e. The SMILES string of the molecule is [2H]C([2H])([2H])NC(=O)c1cnc(NC(=O)C2CC2)cc1Nc1cn(CC(C)(C)C)c2ncn(CC)c(=O)c12. The Bertz CT molecular complexity index is 1420. The molecule has 0 bridgehead atoms. The Labute approximate surface area is 202 Å². The number of nitrogens with one attached hydrogen (secondary N) is 3. The molecule has 34 heavy (non-hydrogen) atoms. The lowest BCUT2D eigenvalue weighted by Gasteiger charge is -2.19. The van der Waals surface area contributed by atoms with E-state index in [0.29, 0.717) is 29.8 Å². The Morgan fingerprint density at radius 2 is 1.97 bits per heavy atom. The highest BCUT2D eigenvalue weighted by atomic mass is 16.2. The fraction of sp³-hybridized carbons (Fsp3) is 0.458. The van der Waals surface area contributed by atoms with E-state index in [4.69, 9.17) is 4.11 Å². The van der Waals surface area contributed by atoms with Crippen LogP contribution >= 0.6 is 0 Å². The number of pyridine rings is 1. The number of nitrogens with zero attached hydrogens (tertiary/aromatic N) is 4. The first-order valence-electron chi connectivity index (χ1n) is 12.7. The number of aromatic nitrogens is 4. The van der Waals surface area contributed by atoms with Gasteiger partial charge in [0.15, 0.2) is 0 Å². The minimum absolute atomic E-state index is 0.0584. The summed E-state index contributed by atoms with van der Waals surface area (Å²) in [5.41, 5.74) is 0.630. The van der Waals surface area contributed by atoms with Crippen molar-refractivity contribution in [3.05, 3.63) is 40.7 Å². The van der Waals surface area contributed by atoms with Crippen LogP contribution in [0.5, 0.6) is 0 Å². The molecule has 0 radical (unpaired) electrons. The van der Waals surface area contributed by atoms with Crippen LogP contribution in [0, 0.1) is 11.3 Å². The van der Waals surface area contributed by atoms with Crippen LogP contribution in [0.25, 0.3) is 11.0 Å². The van der Waals surface area contributed by atoms with Gasteiger partial charge >= 0.3 is 0 Å². The van der Waals surface area contributed by atoms with Gasteiger partial charge in [-0.3, -0.25) is 19.0 Å². The number of rotatable bonds is 7. The number of hydrogen-bond acceptors (Lipinski definition) is 6. The van der Waals surface area contributed by atoms with E-state index in [-0.39, 0.29) is 39.9 Å². The lowest BCUT2D eigenvalue weighted by molar-refractivity contribution is -0.117. The molecule has 0 saturated heterocycles. The van der Waals surface area contributed by atoms with E-state index < -0.39 is 12.9 Å². The average Bonchev–Trinajstić information content (AvgIpc) is 3.57. The van der Waals surface area contributed by atoms with Crippen molar-refractivity contribution in [2.24, 2.45) is 11.3 Å². The number of carbonyl (C=O) groups is 2. The normalized spacial score (nSPS) is 15.4. The molecule has 0 aliphatic heterocycles. The lowest BCUT2D eigenvalue weighted by atomic mass is 9.97. The third kappa shape index (κ3) is 4.80.